The highest BCUT2D eigenvalue weighted by Gasteiger charge is 2.25. The van der Waals surface area contributed by atoms with Crippen LogP contribution in [0.4, 0.5) is 5.69 Å². The molecule has 4 rings (SSSR count). The number of rotatable bonds is 5. The predicted molar refractivity (Wildman–Crippen MR) is 109 cm³/mol. The SMILES string of the molecule is CCOc1ccc2ccccc2c1C=C1N=C(c2ccc([N+](=O)[O-])cc2)OC1=O. The normalized spacial score (nSPS) is 14.7. The molecule has 7 nitrogen and oxygen atoms in total. The molecule has 0 saturated heterocycles. The highest BCUT2D eigenvalue weighted by Crippen LogP contribution is 2.32. The molecule has 0 atom stereocenters. The minimum atomic E-state index is -0.589. The van der Waals surface area contributed by atoms with Gasteiger partial charge in [-0.25, -0.2) is 9.79 Å². The molecule has 7 heteroatoms. The van der Waals surface area contributed by atoms with Gasteiger partial charge in [-0.1, -0.05) is 30.3 Å². The zero-order chi connectivity index (χ0) is 20.4. The predicted octanol–water partition coefficient (Wildman–Crippen LogP) is 4.49. The van der Waals surface area contributed by atoms with Crippen LogP contribution in [0.5, 0.6) is 5.75 Å². The van der Waals surface area contributed by atoms with Crippen molar-refractivity contribution in [2.45, 2.75) is 6.92 Å². The molecule has 0 bridgehead atoms. The van der Waals surface area contributed by atoms with Crippen molar-refractivity contribution in [1.29, 1.82) is 0 Å². The van der Waals surface area contributed by atoms with Gasteiger partial charge in [0.1, 0.15) is 5.75 Å². The molecule has 29 heavy (non-hydrogen) atoms. The van der Waals surface area contributed by atoms with Crippen LogP contribution in [0.2, 0.25) is 0 Å². The number of nitro groups is 1. The van der Waals surface area contributed by atoms with Gasteiger partial charge in [0.15, 0.2) is 5.70 Å². The Morgan fingerprint density at radius 1 is 1.10 bits per heavy atom. The molecule has 0 spiro atoms. The number of esters is 1. The third-order valence-corrected chi connectivity index (χ3v) is 4.46. The maximum absolute atomic E-state index is 12.4. The molecular formula is C22H16N2O5. The summed E-state index contributed by atoms with van der Waals surface area (Å²) in [5, 5.41) is 12.7. The number of aliphatic imine (C=N–C) groups is 1. The summed E-state index contributed by atoms with van der Waals surface area (Å²) in [7, 11) is 0. The standard InChI is InChI=1S/C22H16N2O5/c1-2-28-20-12-9-14-5-3-4-6-17(14)18(20)13-19-22(25)29-21(23-19)15-7-10-16(11-8-15)24(26)27/h3-13H,2H2,1H3. The summed E-state index contributed by atoms with van der Waals surface area (Å²) in [5.74, 6) is 0.161. The summed E-state index contributed by atoms with van der Waals surface area (Å²) in [6, 6.07) is 17.3. The van der Waals surface area contributed by atoms with E-state index in [1.54, 1.807) is 6.08 Å². The van der Waals surface area contributed by atoms with Gasteiger partial charge in [0, 0.05) is 23.3 Å². The van der Waals surface area contributed by atoms with E-state index in [9.17, 15) is 14.9 Å². The fourth-order valence-corrected chi connectivity index (χ4v) is 3.10. The molecule has 1 aliphatic heterocycles. The molecule has 0 radical (unpaired) electrons. The first-order chi connectivity index (χ1) is 14.1. The average Bonchev–Trinajstić information content (AvgIpc) is 3.10. The van der Waals surface area contributed by atoms with Gasteiger partial charge in [-0.15, -0.1) is 0 Å². The Morgan fingerprint density at radius 3 is 2.59 bits per heavy atom. The molecule has 0 fully saturated rings. The number of carbonyl (C=O) groups is 1. The van der Waals surface area contributed by atoms with Crippen LogP contribution in [-0.4, -0.2) is 23.4 Å². The second kappa shape index (κ2) is 7.55. The summed E-state index contributed by atoms with van der Waals surface area (Å²) in [4.78, 5) is 27.0. The second-order valence-electron chi connectivity index (χ2n) is 6.27. The smallest absolute Gasteiger partial charge is 0.363 e. The van der Waals surface area contributed by atoms with Crippen molar-refractivity contribution in [2.75, 3.05) is 6.61 Å². The minimum absolute atomic E-state index is 0.0495. The van der Waals surface area contributed by atoms with Gasteiger partial charge in [-0.2, -0.15) is 0 Å². The van der Waals surface area contributed by atoms with Crippen molar-refractivity contribution in [2.24, 2.45) is 4.99 Å². The van der Waals surface area contributed by atoms with E-state index in [0.29, 0.717) is 17.9 Å². The number of benzene rings is 3. The number of ether oxygens (including phenoxy) is 2. The van der Waals surface area contributed by atoms with E-state index >= 15 is 0 Å². The van der Waals surface area contributed by atoms with Gasteiger partial charge >= 0.3 is 5.97 Å². The number of cyclic esters (lactones) is 1. The van der Waals surface area contributed by atoms with Crippen molar-refractivity contribution in [1.82, 2.24) is 0 Å². The highest BCUT2D eigenvalue weighted by molar-refractivity contribution is 6.13. The Hall–Kier alpha value is -4.00. The van der Waals surface area contributed by atoms with Gasteiger partial charge in [0.05, 0.1) is 11.5 Å². The molecule has 0 saturated carbocycles. The van der Waals surface area contributed by atoms with Gasteiger partial charge in [-0.3, -0.25) is 10.1 Å². The third-order valence-electron chi connectivity index (χ3n) is 4.46. The first-order valence-corrected chi connectivity index (χ1v) is 8.98. The van der Waals surface area contributed by atoms with Crippen molar-refractivity contribution in [3.05, 3.63) is 87.6 Å². The zero-order valence-corrected chi connectivity index (χ0v) is 15.5. The first kappa shape index (κ1) is 18.4. The van der Waals surface area contributed by atoms with Gasteiger partial charge in [0.25, 0.3) is 5.69 Å². The molecule has 1 heterocycles. The van der Waals surface area contributed by atoms with Gasteiger partial charge < -0.3 is 9.47 Å². The quantitative estimate of drug-likeness (QED) is 0.278. The van der Waals surface area contributed by atoms with Crippen molar-refractivity contribution in [3.63, 3.8) is 0 Å². The van der Waals surface area contributed by atoms with Crippen LogP contribution in [0.3, 0.4) is 0 Å². The molecule has 0 aromatic heterocycles. The summed E-state index contributed by atoms with van der Waals surface area (Å²) < 4.78 is 11.0. The van der Waals surface area contributed by atoms with E-state index in [1.165, 1.54) is 24.3 Å². The molecule has 1 aliphatic rings. The second-order valence-corrected chi connectivity index (χ2v) is 6.27. The summed E-state index contributed by atoms with van der Waals surface area (Å²) >= 11 is 0. The lowest BCUT2D eigenvalue weighted by Crippen LogP contribution is -2.05. The molecule has 3 aromatic rings. The highest BCUT2D eigenvalue weighted by atomic mass is 16.6. The van der Waals surface area contributed by atoms with Crippen LogP contribution in [-0.2, 0) is 9.53 Å². The fraction of sp³-hybridized carbons (Fsp3) is 0.0909. The molecule has 0 amide bonds. The number of nitro benzene ring substituents is 1. The van der Waals surface area contributed by atoms with Gasteiger partial charge in [0.2, 0.25) is 5.90 Å². The van der Waals surface area contributed by atoms with Crippen LogP contribution in [0.1, 0.15) is 18.1 Å². The molecule has 144 valence electrons. The lowest BCUT2D eigenvalue weighted by atomic mass is 10.0. The average molecular weight is 388 g/mol. The molecular weight excluding hydrogens is 372 g/mol. The fourth-order valence-electron chi connectivity index (χ4n) is 3.10. The molecule has 0 aliphatic carbocycles. The molecule has 3 aromatic carbocycles. The summed E-state index contributed by atoms with van der Waals surface area (Å²) in [5.41, 5.74) is 1.31. The first-order valence-electron chi connectivity index (χ1n) is 8.98. The van der Waals surface area contributed by atoms with E-state index in [1.807, 2.05) is 43.3 Å². The summed E-state index contributed by atoms with van der Waals surface area (Å²) in [6.07, 6.45) is 1.65. The molecule has 0 unspecified atom stereocenters. The van der Waals surface area contributed by atoms with E-state index in [4.69, 9.17) is 9.47 Å². The third kappa shape index (κ3) is 3.58. The minimum Gasteiger partial charge on any atom is -0.493 e. The Labute approximate surface area is 166 Å². The maximum Gasteiger partial charge on any atom is 0.363 e. The molecule has 0 N–H and O–H groups in total. The van der Waals surface area contributed by atoms with Gasteiger partial charge in [-0.05, 0) is 42.0 Å². The number of fused-ring (bicyclic) bond motifs is 1. The Morgan fingerprint density at radius 2 is 1.86 bits per heavy atom. The number of carbonyl (C=O) groups excluding carboxylic acids is 1. The number of non-ortho nitro benzene ring substituents is 1. The van der Waals surface area contributed by atoms with Crippen LogP contribution < -0.4 is 4.74 Å². The zero-order valence-electron chi connectivity index (χ0n) is 15.5. The van der Waals surface area contributed by atoms with E-state index in [-0.39, 0.29) is 17.3 Å². The van der Waals surface area contributed by atoms with E-state index in [0.717, 1.165) is 16.3 Å². The Bertz CT molecular complexity index is 1180. The maximum atomic E-state index is 12.4. The lowest BCUT2D eigenvalue weighted by Gasteiger charge is -2.10. The largest absolute Gasteiger partial charge is 0.493 e. The van der Waals surface area contributed by atoms with Crippen LogP contribution in [0.25, 0.3) is 16.8 Å². The van der Waals surface area contributed by atoms with Crippen molar-refractivity contribution < 1.29 is 19.2 Å². The number of nitrogens with zero attached hydrogens (tertiary/aromatic N) is 2. The Balaban J connectivity index is 1.77. The van der Waals surface area contributed by atoms with E-state index < -0.39 is 10.9 Å². The van der Waals surface area contributed by atoms with E-state index in [2.05, 4.69) is 4.99 Å². The monoisotopic (exact) mass is 388 g/mol. The number of hydrogen-bond donors (Lipinski definition) is 0. The lowest BCUT2D eigenvalue weighted by molar-refractivity contribution is -0.384. The number of hydrogen-bond acceptors (Lipinski definition) is 6. The van der Waals surface area contributed by atoms with Crippen LogP contribution in [0, 0.1) is 10.1 Å². The summed E-state index contributed by atoms with van der Waals surface area (Å²) in [6.45, 7) is 2.37. The van der Waals surface area contributed by atoms with Crippen LogP contribution >= 0.6 is 0 Å². The topological polar surface area (TPSA) is 91.0 Å². The van der Waals surface area contributed by atoms with Crippen molar-refractivity contribution >= 4 is 34.4 Å². The van der Waals surface area contributed by atoms with Crippen molar-refractivity contribution in [3.8, 4) is 5.75 Å². The Kier molecular flexibility index (Phi) is 4.78. The van der Waals surface area contributed by atoms with Crippen LogP contribution in [0.15, 0.2) is 71.4 Å².